The fraction of sp³-hybridized carbons (Fsp3) is 0.250. The predicted octanol–water partition coefficient (Wildman–Crippen LogP) is 3.13. The highest BCUT2D eigenvalue weighted by Gasteiger charge is 2.20. The van der Waals surface area contributed by atoms with Crippen LogP contribution in [0.1, 0.15) is 35.7 Å². The number of halogens is 1. The molecule has 0 aliphatic heterocycles. The van der Waals surface area contributed by atoms with Crippen LogP contribution in [0, 0.1) is 5.82 Å². The SMILES string of the molecule is CCCC(NC(=O)NCc1ccc(F)cc1)C(=O)Nc1ccc(C(=O)O)cc1. The second-order valence-corrected chi connectivity index (χ2v) is 6.17. The fourth-order valence-electron chi connectivity index (χ4n) is 2.48. The number of carboxylic acid groups (broad SMARTS) is 1. The number of hydrogen-bond acceptors (Lipinski definition) is 3. The number of urea groups is 1. The Kier molecular flexibility index (Phi) is 7.50. The summed E-state index contributed by atoms with van der Waals surface area (Å²) in [6.45, 7) is 2.09. The summed E-state index contributed by atoms with van der Waals surface area (Å²) < 4.78 is 12.9. The van der Waals surface area contributed by atoms with Gasteiger partial charge in [0.25, 0.3) is 0 Å². The highest BCUT2D eigenvalue weighted by molar-refractivity contribution is 5.97. The third kappa shape index (κ3) is 6.39. The quantitative estimate of drug-likeness (QED) is 0.558. The summed E-state index contributed by atoms with van der Waals surface area (Å²) in [7, 11) is 0. The molecule has 0 heterocycles. The van der Waals surface area contributed by atoms with Crippen LogP contribution in [0.4, 0.5) is 14.9 Å². The number of rotatable bonds is 8. The summed E-state index contributed by atoms with van der Waals surface area (Å²) in [6, 6.07) is 10.2. The van der Waals surface area contributed by atoms with Crippen molar-refractivity contribution in [1.29, 1.82) is 0 Å². The van der Waals surface area contributed by atoms with Crippen molar-refractivity contribution in [2.75, 3.05) is 5.32 Å². The van der Waals surface area contributed by atoms with Crippen molar-refractivity contribution in [1.82, 2.24) is 10.6 Å². The van der Waals surface area contributed by atoms with Gasteiger partial charge in [0.1, 0.15) is 11.9 Å². The number of anilines is 1. The molecule has 0 radical (unpaired) electrons. The van der Waals surface area contributed by atoms with Crippen molar-refractivity contribution in [2.24, 2.45) is 0 Å². The molecule has 4 N–H and O–H groups in total. The number of hydrogen-bond donors (Lipinski definition) is 4. The molecule has 7 nitrogen and oxygen atoms in total. The van der Waals surface area contributed by atoms with Crippen molar-refractivity contribution in [3.05, 3.63) is 65.5 Å². The molecular weight excluding hydrogens is 365 g/mol. The minimum absolute atomic E-state index is 0.112. The van der Waals surface area contributed by atoms with Gasteiger partial charge in [-0.25, -0.2) is 14.0 Å². The van der Waals surface area contributed by atoms with Crippen LogP contribution in [-0.2, 0) is 11.3 Å². The van der Waals surface area contributed by atoms with E-state index in [2.05, 4.69) is 16.0 Å². The molecule has 0 aliphatic carbocycles. The average molecular weight is 387 g/mol. The lowest BCUT2D eigenvalue weighted by Crippen LogP contribution is -2.47. The summed E-state index contributed by atoms with van der Waals surface area (Å²) in [5.74, 6) is -1.81. The molecule has 1 unspecified atom stereocenters. The highest BCUT2D eigenvalue weighted by atomic mass is 19.1. The van der Waals surface area contributed by atoms with E-state index in [-0.39, 0.29) is 17.9 Å². The van der Waals surface area contributed by atoms with Gasteiger partial charge in [-0.1, -0.05) is 25.5 Å². The Morgan fingerprint density at radius 2 is 1.68 bits per heavy atom. The Hall–Kier alpha value is -3.42. The lowest BCUT2D eigenvalue weighted by Gasteiger charge is -2.18. The molecule has 1 atom stereocenters. The average Bonchev–Trinajstić information content (AvgIpc) is 2.67. The minimum Gasteiger partial charge on any atom is -0.478 e. The van der Waals surface area contributed by atoms with Crippen LogP contribution in [0.5, 0.6) is 0 Å². The van der Waals surface area contributed by atoms with Crippen molar-refractivity contribution in [3.8, 4) is 0 Å². The molecule has 3 amide bonds. The molecule has 0 spiro atoms. The van der Waals surface area contributed by atoms with Gasteiger partial charge < -0.3 is 21.1 Å². The van der Waals surface area contributed by atoms with Crippen molar-refractivity contribution >= 4 is 23.6 Å². The number of benzene rings is 2. The lowest BCUT2D eigenvalue weighted by molar-refractivity contribution is -0.118. The molecule has 8 heteroatoms. The van der Waals surface area contributed by atoms with Crippen LogP contribution in [0.2, 0.25) is 0 Å². The first-order chi connectivity index (χ1) is 13.4. The Bertz CT molecular complexity index is 822. The normalized spacial score (nSPS) is 11.4. The molecule has 0 saturated heterocycles. The fourth-order valence-corrected chi connectivity index (χ4v) is 2.48. The van der Waals surface area contributed by atoms with Gasteiger partial charge in [0.05, 0.1) is 5.56 Å². The maximum Gasteiger partial charge on any atom is 0.335 e. The van der Waals surface area contributed by atoms with Gasteiger partial charge in [0.15, 0.2) is 0 Å². The minimum atomic E-state index is -1.05. The smallest absolute Gasteiger partial charge is 0.335 e. The first kappa shape index (κ1) is 20.9. The molecule has 2 rings (SSSR count). The summed E-state index contributed by atoms with van der Waals surface area (Å²) in [6.07, 6.45) is 1.11. The van der Waals surface area contributed by atoms with Gasteiger partial charge in [-0.2, -0.15) is 0 Å². The van der Waals surface area contributed by atoms with Gasteiger partial charge in [-0.15, -0.1) is 0 Å². The van der Waals surface area contributed by atoms with Gasteiger partial charge in [-0.05, 0) is 48.4 Å². The Labute approximate surface area is 162 Å². The van der Waals surface area contributed by atoms with E-state index in [0.717, 1.165) is 5.56 Å². The molecule has 0 saturated carbocycles. The highest BCUT2D eigenvalue weighted by Crippen LogP contribution is 2.11. The van der Waals surface area contributed by atoms with Gasteiger partial charge in [0, 0.05) is 12.2 Å². The zero-order valence-electron chi connectivity index (χ0n) is 15.4. The Balaban J connectivity index is 1.91. The summed E-state index contributed by atoms with van der Waals surface area (Å²) in [4.78, 5) is 35.4. The van der Waals surface area contributed by atoms with E-state index in [1.165, 1.54) is 36.4 Å². The zero-order chi connectivity index (χ0) is 20.5. The van der Waals surface area contributed by atoms with E-state index in [1.807, 2.05) is 6.92 Å². The predicted molar refractivity (Wildman–Crippen MR) is 102 cm³/mol. The summed E-state index contributed by atoms with van der Waals surface area (Å²) in [5, 5.41) is 16.8. The van der Waals surface area contributed by atoms with Gasteiger partial charge >= 0.3 is 12.0 Å². The second-order valence-electron chi connectivity index (χ2n) is 6.17. The molecule has 0 bridgehead atoms. The molecule has 2 aromatic carbocycles. The first-order valence-electron chi connectivity index (χ1n) is 8.82. The maximum absolute atomic E-state index is 12.9. The largest absolute Gasteiger partial charge is 0.478 e. The van der Waals surface area contributed by atoms with Crippen LogP contribution in [0.25, 0.3) is 0 Å². The van der Waals surface area contributed by atoms with Crippen LogP contribution in [0.3, 0.4) is 0 Å². The van der Waals surface area contributed by atoms with Crippen molar-refractivity contribution in [2.45, 2.75) is 32.4 Å². The molecule has 0 aliphatic rings. The van der Waals surface area contributed by atoms with E-state index in [4.69, 9.17) is 5.11 Å². The van der Waals surface area contributed by atoms with Gasteiger partial charge in [0.2, 0.25) is 5.91 Å². The Morgan fingerprint density at radius 3 is 2.25 bits per heavy atom. The standard InChI is InChI=1S/C20H22FN3O4/c1-2-3-17(18(25)23-16-10-6-14(7-11-16)19(26)27)24-20(28)22-12-13-4-8-15(21)9-5-13/h4-11,17H,2-3,12H2,1H3,(H,23,25)(H,26,27)(H2,22,24,28). The first-order valence-corrected chi connectivity index (χ1v) is 8.82. The molecule has 2 aromatic rings. The van der Waals surface area contributed by atoms with E-state index in [0.29, 0.717) is 18.5 Å². The number of carboxylic acids is 1. The second kappa shape index (κ2) is 10.1. The molecule has 0 aromatic heterocycles. The lowest BCUT2D eigenvalue weighted by atomic mass is 10.1. The number of amides is 3. The maximum atomic E-state index is 12.9. The van der Waals surface area contributed by atoms with E-state index in [1.54, 1.807) is 12.1 Å². The van der Waals surface area contributed by atoms with Crippen LogP contribution < -0.4 is 16.0 Å². The van der Waals surface area contributed by atoms with Crippen molar-refractivity contribution in [3.63, 3.8) is 0 Å². The number of carbonyl (C=O) groups excluding carboxylic acids is 2. The van der Waals surface area contributed by atoms with Crippen LogP contribution in [0.15, 0.2) is 48.5 Å². The monoisotopic (exact) mass is 387 g/mol. The van der Waals surface area contributed by atoms with E-state index < -0.39 is 23.9 Å². The van der Waals surface area contributed by atoms with Crippen molar-refractivity contribution < 1.29 is 23.9 Å². The molecule has 148 valence electrons. The summed E-state index contributed by atoms with van der Waals surface area (Å²) >= 11 is 0. The molecule has 28 heavy (non-hydrogen) atoms. The number of aromatic carboxylic acids is 1. The third-order valence-corrected chi connectivity index (χ3v) is 3.96. The van der Waals surface area contributed by atoms with Gasteiger partial charge in [-0.3, -0.25) is 4.79 Å². The van der Waals surface area contributed by atoms with Crippen LogP contribution >= 0.6 is 0 Å². The topological polar surface area (TPSA) is 108 Å². The molecule has 0 fully saturated rings. The van der Waals surface area contributed by atoms with Crippen LogP contribution in [-0.4, -0.2) is 29.1 Å². The number of nitrogens with one attached hydrogen (secondary N) is 3. The third-order valence-electron chi connectivity index (χ3n) is 3.96. The van der Waals surface area contributed by atoms with E-state index >= 15 is 0 Å². The molecular formula is C20H22FN3O4. The zero-order valence-corrected chi connectivity index (χ0v) is 15.4. The summed E-state index contributed by atoms with van der Waals surface area (Å²) in [5.41, 5.74) is 1.28. The number of carbonyl (C=O) groups is 3. The van der Waals surface area contributed by atoms with E-state index in [9.17, 15) is 18.8 Å². The Morgan fingerprint density at radius 1 is 1.04 bits per heavy atom.